The first-order valence-corrected chi connectivity index (χ1v) is 12.8. The van der Waals surface area contributed by atoms with E-state index in [0.717, 1.165) is 46.2 Å². The van der Waals surface area contributed by atoms with Crippen LogP contribution in [0.3, 0.4) is 0 Å². The van der Waals surface area contributed by atoms with Crippen molar-refractivity contribution in [2.75, 3.05) is 23.7 Å². The molecule has 3 aromatic rings. The van der Waals surface area contributed by atoms with Gasteiger partial charge in [0, 0.05) is 24.2 Å². The number of piperidine rings is 1. The predicted octanol–water partition coefficient (Wildman–Crippen LogP) is 5.60. The summed E-state index contributed by atoms with van der Waals surface area (Å²) in [5.41, 5.74) is 7.90. The van der Waals surface area contributed by atoms with Crippen molar-refractivity contribution in [3.8, 4) is 0 Å². The third kappa shape index (κ3) is 3.50. The predicted molar refractivity (Wildman–Crippen MR) is 129 cm³/mol. The molecular formula is C24H27ClN6S. The molecule has 166 valence electrons. The van der Waals surface area contributed by atoms with E-state index in [1.54, 1.807) is 6.20 Å². The summed E-state index contributed by atoms with van der Waals surface area (Å²) >= 11 is 7.72. The van der Waals surface area contributed by atoms with Gasteiger partial charge in [0.15, 0.2) is 5.65 Å². The summed E-state index contributed by atoms with van der Waals surface area (Å²) in [6, 6.07) is 5.79. The van der Waals surface area contributed by atoms with E-state index in [1.807, 2.05) is 24.4 Å². The Morgan fingerprint density at radius 1 is 1.06 bits per heavy atom. The van der Waals surface area contributed by atoms with Crippen LogP contribution in [0, 0.1) is 17.3 Å². The van der Waals surface area contributed by atoms with Crippen LogP contribution in [0.4, 0.5) is 11.6 Å². The maximum Gasteiger partial charge on any atom is 0.179 e. The molecule has 6 rings (SSSR count). The SMILES string of the molecule is Nc1nccc(Sc2ccc3nc(N4CCC5(CC4)C[C@H]4CCCCC45)cnc3n2)c1Cl. The summed E-state index contributed by atoms with van der Waals surface area (Å²) in [4.78, 5) is 21.4. The number of rotatable bonds is 3. The van der Waals surface area contributed by atoms with Crippen LogP contribution in [-0.2, 0) is 0 Å². The normalized spacial score (nSPS) is 24.3. The molecule has 3 aliphatic rings. The Bertz CT molecular complexity index is 1160. The summed E-state index contributed by atoms with van der Waals surface area (Å²) < 4.78 is 0. The van der Waals surface area contributed by atoms with Crippen molar-refractivity contribution < 1.29 is 0 Å². The van der Waals surface area contributed by atoms with Gasteiger partial charge in [-0.15, -0.1) is 0 Å². The molecule has 3 fully saturated rings. The Kier molecular flexibility index (Phi) is 5.14. The van der Waals surface area contributed by atoms with Gasteiger partial charge in [0.2, 0.25) is 0 Å². The number of nitrogens with zero attached hydrogens (tertiary/aromatic N) is 5. The number of hydrogen-bond donors (Lipinski definition) is 1. The lowest BCUT2D eigenvalue weighted by Crippen LogP contribution is -2.55. The second-order valence-electron chi connectivity index (χ2n) is 9.54. The molecule has 4 heterocycles. The summed E-state index contributed by atoms with van der Waals surface area (Å²) in [6.45, 7) is 2.18. The van der Waals surface area contributed by atoms with Crippen LogP contribution >= 0.6 is 23.4 Å². The fraction of sp³-hybridized carbons (Fsp3) is 0.500. The van der Waals surface area contributed by atoms with Gasteiger partial charge in [-0.05, 0) is 61.1 Å². The molecule has 2 aliphatic carbocycles. The van der Waals surface area contributed by atoms with Gasteiger partial charge in [-0.2, -0.15) is 0 Å². The van der Waals surface area contributed by atoms with E-state index in [0.29, 0.717) is 21.9 Å². The van der Waals surface area contributed by atoms with Crippen LogP contribution in [0.5, 0.6) is 0 Å². The zero-order chi connectivity index (χ0) is 21.7. The Hall–Kier alpha value is -2.12. The topological polar surface area (TPSA) is 80.8 Å². The summed E-state index contributed by atoms with van der Waals surface area (Å²) in [7, 11) is 0. The molecule has 0 bridgehead atoms. The van der Waals surface area contributed by atoms with Gasteiger partial charge in [-0.3, -0.25) is 0 Å². The smallest absolute Gasteiger partial charge is 0.179 e. The van der Waals surface area contributed by atoms with Gasteiger partial charge >= 0.3 is 0 Å². The van der Waals surface area contributed by atoms with E-state index in [4.69, 9.17) is 22.3 Å². The van der Waals surface area contributed by atoms with E-state index in [9.17, 15) is 0 Å². The Morgan fingerprint density at radius 2 is 1.91 bits per heavy atom. The average Bonchev–Trinajstić information content (AvgIpc) is 2.81. The van der Waals surface area contributed by atoms with Gasteiger partial charge < -0.3 is 10.6 Å². The molecule has 1 spiro atoms. The van der Waals surface area contributed by atoms with E-state index >= 15 is 0 Å². The third-order valence-electron chi connectivity index (χ3n) is 7.91. The summed E-state index contributed by atoms with van der Waals surface area (Å²) in [5.74, 6) is 3.31. The Labute approximate surface area is 197 Å². The summed E-state index contributed by atoms with van der Waals surface area (Å²) in [5, 5.41) is 1.26. The van der Waals surface area contributed by atoms with Crippen LogP contribution in [0.25, 0.3) is 11.2 Å². The van der Waals surface area contributed by atoms with Crippen molar-refractivity contribution in [2.45, 2.75) is 54.9 Å². The monoisotopic (exact) mass is 466 g/mol. The lowest BCUT2D eigenvalue weighted by atomic mass is 9.46. The van der Waals surface area contributed by atoms with E-state index in [2.05, 4.69) is 19.9 Å². The minimum Gasteiger partial charge on any atom is -0.382 e. The van der Waals surface area contributed by atoms with Gasteiger partial charge in [0.05, 0.1) is 11.2 Å². The van der Waals surface area contributed by atoms with Crippen molar-refractivity contribution in [1.29, 1.82) is 0 Å². The van der Waals surface area contributed by atoms with Crippen LogP contribution in [0.1, 0.15) is 44.9 Å². The number of fused-ring (bicyclic) bond motifs is 3. The van der Waals surface area contributed by atoms with Crippen molar-refractivity contribution in [3.05, 3.63) is 35.6 Å². The van der Waals surface area contributed by atoms with Gasteiger partial charge in [0.25, 0.3) is 0 Å². The number of aromatic nitrogens is 4. The lowest BCUT2D eigenvalue weighted by Gasteiger charge is -2.60. The average molecular weight is 467 g/mol. The second-order valence-corrected chi connectivity index (χ2v) is 11.0. The van der Waals surface area contributed by atoms with Gasteiger partial charge in [0.1, 0.15) is 22.2 Å². The van der Waals surface area contributed by atoms with Crippen molar-refractivity contribution in [1.82, 2.24) is 19.9 Å². The number of hydrogen-bond acceptors (Lipinski definition) is 7. The zero-order valence-corrected chi connectivity index (χ0v) is 19.6. The Morgan fingerprint density at radius 3 is 2.75 bits per heavy atom. The highest BCUT2D eigenvalue weighted by Gasteiger charge is 2.54. The van der Waals surface area contributed by atoms with E-state index < -0.39 is 0 Å². The first kappa shape index (κ1) is 20.5. The maximum absolute atomic E-state index is 6.27. The third-order valence-corrected chi connectivity index (χ3v) is 9.42. The molecule has 1 unspecified atom stereocenters. The Balaban J connectivity index is 1.16. The van der Waals surface area contributed by atoms with Gasteiger partial charge in [-0.25, -0.2) is 19.9 Å². The van der Waals surface area contributed by atoms with Crippen LogP contribution in [-0.4, -0.2) is 33.0 Å². The number of pyridine rings is 2. The number of halogens is 1. The lowest BCUT2D eigenvalue weighted by molar-refractivity contribution is -0.0865. The molecular weight excluding hydrogens is 440 g/mol. The number of anilines is 2. The minimum atomic E-state index is 0.325. The maximum atomic E-state index is 6.27. The fourth-order valence-corrected chi connectivity index (χ4v) is 7.29. The molecule has 2 saturated carbocycles. The molecule has 1 aliphatic heterocycles. The zero-order valence-electron chi connectivity index (χ0n) is 18.0. The van der Waals surface area contributed by atoms with Crippen LogP contribution < -0.4 is 10.6 Å². The fourth-order valence-electron chi connectivity index (χ4n) is 6.25. The number of nitrogens with two attached hydrogens (primary N) is 1. The highest BCUT2D eigenvalue weighted by atomic mass is 35.5. The molecule has 8 heteroatoms. The minimum absolute atomic E-state index is 0.325. The summed E-state index contributed by atoms with van der Waals surface area (Å²) in [6.07, 6.45) is 13.4. The molecule has 2 atom stereocenters. The molecule has 0 radical (unpaired) electrons. The van der Waals surface area contributed by atoms with Crippen LogP contribution in [0.15, 0.2) is 40.5 Å². The molecule has 2 N–H and O–H groups in total. The van der Waals surface area contributed by atoms with Crippen molar-refractivity contribution in [3.63, 3.8) is 0 Å². The van der Waals surface area contributed by atoms with E-state index in [1.165, 1.54) is 56.7 Å². The molecule has 0 amide bonds. The first-order valence-electron chi connectivity index (χ1n) is 11.6. The molecule has 32 heavy (non-hydrogen) atoms. The highest BCUT2D eigenvalue weighted by molar-refractivity contribution is 7.99. The van der Waals surface area contributed by atoms with Crippen LogP contribution in [0.2, 0.25) is 5.02 Å². The van der Waals surface area contributed by atoms with Crippen molar-refractivity contribution in [2.24, 2.45) is 17.3 Å². The first-order chi connectivity index (χ1) is 15.6. The molecule has 3 aromatic heterocycles. The largest absolute Gasteiger partial charge is 0.382 e. The van der Waals surface area contributed by atoms with Crippen molar-refractivity contribution >= 4 is 46.2 Å². The molecule has 6 nitrogen and oxygen atoms in total. The molecule has 1 saturated heterocycles. The van der Waals surface area contributed by atoms with Gasteiger partial charge in [-0.1, -0.05) is 42.6 Å². The quantitative estimate of drug-likeness (QED) is 0.537. The molecule has 0 aromatic carbocycles. The standard InChI is InChI=1S/C24H27ClN6S/c25-21-18(7-10-27-22(21)26)32-20-6-5-17-23(30-20)28-14-19(29-17)31-11-8-24(9-12-31)13-15-3-1-2-4-16(15)24/h5-7,10,14-16H,1-4,8-9,11-13H2,(H2,26,27)/t15-,16?/m1/s1. The second kappa shape index (κ2) is 8.03. The number of nitrogen functional groups attached to an aromatic ring is 1. The highest BCUT2D eigenvalue weighted by Crippen LogP contribution is 2.62. The van der Waals surface area contributed by atoms with E-state index in [-0.39, 0.29) is 0 Å².